The number of ether oxygens (including phenoxy) is 1. The topological polar surface area (TPSA) is 29.5 Å². The zero-order chi connectivity index (χ0) is 14.7. The van der Waals surface area contributed by atoms with Crippen molar-refractivity contribution in [3.63, 3.8) is 0 Å². The molecule has 1 aliphatic rings. The predicted octanol–water partition coefficient (Wildman–Crippen LogP) is 3.94. The third-order valence-electron chi connectivity index (χ3n) is 4.03. The molecule has 21 heavy (non-hydrogen) atoms. The van der Waals surface area contributed by atoms with E-state index in [1.165, 1.54) is 11.1 Å². The van der Waals surface area contributed by atoms with Gasteiger partial charge in [-0.3, -0.25) is 0 Å². The number of hydrogen-bond donors (Lipinski definition) is 0. The summed E-state index contributed by atoms with van der Waals surface area (Å²) in [6.45, 7) is 3.10. The van der Waals surface area contributed by atoms with E-state index in [0.717, 1.165) is 12.0 Å². The highest BCUT2D eigenvalue weighted by Crippen LogP contribution is 2.29. The summed E-state index contributed by atoms with van der Waals surface area (Å²) in [5.41, 5.74) is 3.56. The van der Waals surface area contributed by atoms with Gasteiger partial charge in [-0.15, -0.1) is 0 Å². The first-order valence-corrected chi connectivity index (χ1v) is 7.31. The van der Waals surface area contributed by atoms with E-state index >= 15 is 0 Å². The van der Waals surface area contributed by atoms with Crippen molar-refractivity contribution in [1.29, 1.82) is 0 Å². The van der Waals surface area contributed by atoms with E-state index in [-0.39, 0.29) is 12.1 Å². The van der Waals surface area contributed by atoms with Crippen molar-refractivity contribution >= 4 is 6.09 Å². The molecule has 1 amide bonds. The first kappa shape index (κ1) is 13.7. The van der Waals surface area contributed by atoms with Crippen molar-refractivity contribution < 1.29 is 9.53 Å². The summed E-state index contributed by atoms with van der Waals surface area (Å²) in [4.78, 5) is 14.1. The second kappa shape index (κ2) is 6.00. The minimum Gasteiger partial charge on any atom is -0.445 e. The normalized spacial score (nSPS) is 17.2. The van der Waals surface area contributed by atoms with Crippen LogP contribution in [0.3, 0.4) is 0 Å². The van der Waals surface area contributed by atoms with E-state index in [9.17, 15) is 4.79 Å². The number of hydrogen-bond acceptors (Lipinski definition) is 2. The Morgan fingerprint density at radius 1 is 1.14 bits per heavy atom. The van der Waals surface area contributed by atoms with Crippen LogP contribution in [0.25, 0.3) is 0 Å². The molecule has 0 saturated carbocycles. The van der Waals surface area contributed by atoms with Crippen LogP contribution in [0.5, 0.6) is 0 Å². The number of benzene rings is 2. The molecule has 108 valence electrons. The van der Waals surface area contributed by atoms with E-state index in [1.807, 2.05) is 41.3 Å². The summed E-state index contributed by atoms with van der Waals surface area (Å²) in [5, 5.41) is 0. The molecule has 2 aromatic rings. The Morgan fingerprint density at radius 3 is 2.67 bits per heavy atom. The molecule has 0 fully saturated rings. The Kier molecular flexibility index (Phi) is 3.91. The summed E-state index contributed by atoms with van der Waals surface area (Å²) in [7, 11) is 0. The van der Waals surface area contributed by atoms with Gasteiger partial charge in [0.1, 0.15) is 6.61 Å². The van der Waals surface area contributed by atoms with E-state index in [2.05, 4.69) is 25.1 Å². The van der Waals surface area contributed by atoms with Crippen molar-refractivity contribution in [3.05, 3.63) is 71.3 Å². The Bertz CT molecular complexity index is 624. The van der Waals surface area contributed by atoms with E-state index in [1.54, 1.807) is 0 Å². The number of carbonyl (C=O) groups is 1. The number of fused-ring (bicyclic) bond motifs is 1. The summed E-state index contributed by atoms with van der Waals surface area (Å²) in [5.74, 6) is 0. The van der Waals surface area contributed by atoms with Crippen LogP contribution in [0.1, 0.15) is 29.7 Å². The second-order valence-corrected chi connectivity index (χ2v) is 5.36. The first-order chi connectivity index (χ1) is 10.3. The molecule has 1 unspecified atom stereocenters. The molecular formula is C18H19NO2. The number of carbonyl (C=O) groups excluding carboxylic acids is 1. The van der Waals surface area contributed by atoms with E-state index in [0.29, 0.717) is 13.2 Å². The van der Waals surface area contributed by atoms with Crippen LogP contribution >= 0.6 is 0 Å². The number of nitrogens with zero attached hydrogens (tertiary/aromatic N) is 1. The molecule has 0 saturated heterocycles. The summed E-state index contributed by atoms with van der Waals surface area (Å²) in [6.07, 6.45) is 0.655. The molecule has 0 spiro atoms. The van der Waals surface area contributed by atoms with Crippen molar-refractivity contribution in [2.24, 2.45) is 0 Å². The lowest BCUT2D eigenvalue weighted by Gasteiger charge is -2.34. The van der Waals surface area contributed by atoms with Gasteiger partial charge in [0.25, 0.3) is 0 Å². The van der Waals surface area contributed by atoms with E-state index in [4.69, 9.17) is 4.74 Å². The Hall–Kier alpha value is -2.29. The highest BCUT2D eigenvalue weighted by atomic mass is 16.6. The Labute approximate surface area is 125 Å². The third-order valence-corrected chi connectivity index (χ3v) is 4.03. The van der Waals surface area contributed by atoms with Gasteiger partial charge < -0.3 is 9.64 Å². The minimum atomic E-state index is -0.235. The van der Waals surface area contributed by atoms with E-state index < -0.39 is 0 Å². The first-order valence-electron chi connectivity index (χ1n) is 7.31. The van der Waals surface area contributed by atoms with Crippen LogP contribution in [0.2, 0.25) is 0 Å². The highest BCUT2D eigenvalue weighted by molar-refractivity contribution is 5.69. The second-order valence-electron chi connectivity index (χ2n) is 5.36. The summed E-state index contributed by atoms with van der Waals surface area (Å²) in [6, 6.07) is 18.1. The van der Waals surface area contributed by atoms with Gasteiger partial charge in [0.15, 0.2) is 0 Å². The SMILES string of the molecule is CC1c2ccccc2CCN1C(=O)OCc1ccccc1. The van der Waals surface area contributed by atoms with Crippen molar-refractivity contribution in [1.82, 2.24) is 4.90 Å². The predicted molar refractivity (Wildman–Crippen MR) is 81.9 cm³/mol. The molecule has 0 radical (unpaired) electrons. The monoisotopic (exact) mass is 281 g/mol. The zero-order valence-corrected chi connectivity index (χ0v) is 12.2. The minimum absolute atomic E-state index is 0.0678. The van der Waals surface area contributed by atoms with Crippen LogP contribution in [0.15, 0.2) is 54.6 Å². The van der Waals surface area contributed by atoms with Crippen LogP contribution in [-0.2, 0) is 17.8 Å². The van der Waals surface area contributed by atoms with Gasteiger partial charge >= 0.3 is 6.09 Å². The molecule has 1 aliphatic heterocycles. The van der Waals surface area contributed by atoms with Crippen LogP contribution in [0, 0.1) is 0 Å². The molecule has 0 N–H and O–H groups in total. The van der Waals surface area contributed by atoms with Crippen LogP contribution in [0.4, 0.5) is 4.79 Å². The average molecular weight is 281 g/mol. The molecule has 2 aromatic carbocycles. The molecular weight excluding hydrogens is 262 g/mol. The lowest BCUT2D eigenvalue weighted by molar-refractivity contribution is 0.0803. The van der Waals surface area contributed by atoms with Crippen LogP contribution in [-0.4, -0.2) is 17.5 Å². The van der Waals surface area contributed by atoms with Crippen molar-refractivity contribution in [3.8, 4) is 0 Å². The lowest BCUT2D eigenvalue weighted by Crippen LogP contribution is -2.39. The highest BCUT2D eigenvalue weighted by Gasteiger charge is 2.28. The quantitative estimate of drug-likeness (QED) is 0.834. The average Bonchev–Trinajstić information content (AvgIpc) is 2.54. The Morgan fingerprint density at radius 2 is 1.86 bits per heavy atom. The molecule has 3 nitrogen and oxygen atoms in total. The number of rotatable bonds is 2. The van der Waals surface area contributed by atoms with Crippen LogP contribution < -0.4 is 0 Å². The maximum atomic E-state index is 12.3. The fourth-order valence-corrected chi connectivity index (χ4v) is 2.82. The largest absolute Gasteiger partial charge is 0.445 e. The third kappa shape index (κ3) is 2.92. The summed E-state index contributed by atoms with van der Waals surface area (Å²) >= 11 is 0. The standard InChI is InChI=1S/C18H19NO2/c1-14-17-10-6-5-9-16(17)11-12-19(14)18(20)21-13-15-7-3-2-4-8-15/h2-10,14H,11-13H2,1H3. The molecule has 1 heterocycles. The summed E-state index contributed by atoms with van der Waals surface area (Å²) < 4.78 is 5.44. The van der Waals surface area contributed by atoms with Crippen molar-refractivity contribution in [2.45, 2.75) is 26.0 Å². The van der Waals surface area contributed by atoms with Crippen molar-refractivity contribution in [2.75, 3.05) is 6.54 Å². The maximum absolute atomic E-state index is 12.3. The molecule has 0 aromatic heterocycles. The van der Waals surface area contributed by atoms with Gasteiger partial charge in [-0.05, 0) is 30.0 Å². The van der Waals surface area contributed by atoms with Gasteiger partial charge in [-0.25, -0.2) is 4.79 Å². The fourth-order valence-electron chi connectivity index (χ4n) is 2.82. The number of amides is 1. The lowest BCUT2D eigenvalue weighted by atomic mass is 9.94. The Balaban J connectivity index is 1.66. The fraction of sp³-hybridized carbons (Fsp3) is 0.278. The smallest absolute Gasteiger partial charge is 0.410 e. The van der Waals surface area contributed by atoms with Gasteiger partial charge in [0, 0.05) is 6.54 Å². The zero-order valence-electron chi connectivity index (χ0n) is 12.2. The molecule has 0 bridgehead atoms. The van der Waals surface area contributed by atoms with Gasteiger partial charge in [-0.2, -0.15) is 0 Å². The molecule has 1 atom stereocenters. The van der Waals surface area contributed by atoms with Gasteiger partial charge in [0.05, 0.1) is 6.04 Å². The van der Waals surface area contributed by atoms with Gasteiger partial charge in [0.2, 0.25) is 0 Å². The maximum Gasteiger partial charge on any atom is 0.410 e. The molecule has 3 heteroatoms. The molecule has 0 aliphatic carbocycles. The molecule has 3 rings (SSSR count). The van der Waals surface area contributed by atoms with Gasteiger partial charge in [-0.1, -0.05) is 54.6 Å².